The molecule has 0 saturated carbocycles. The molecule has 2 heterocycles. The van der Waals surface area contributed by atoms with Gasteiger partial charge in [0.15, 0.2) is 0 Å². The van der Waals surface area contributed by atoms with Crippen LogP contribution in [0.5, 0.6) is 0 Å². The molecule has 4 heteroatoms. The van der Waals surface area contributed by atoms with E-state index in [4.69, 9.17) is 5.73 Å². The summed E-state index contributed by atoms with van der Waals surface area (Å²) in [6.07, 6.45) is 2.79. The molecular formula is C12H15N3S. The predicted octanol–water partition coefficient (Wildman–Crippen LogP) is 2.40. The molecule has 2 aromatic heterocycles. The Kier molecular flexibility index (Phi) is 3.41. The first kappa shape index (κ1) is 11.0. The van der Waals surface area contributed by atoms with Gasteiger partial charge in [0.1, 0.15) is 5.82 Å². The molecule has 3 nitrogen and oxygen atoms in total. The van der Waals surface area contributed by atoms with E-state index in [-0.39, 0.29) is 0 Å². The third-order valence-electron chi connectivity index (χ3n) is 2.43. The second-order valence-corrected chi connectivity index (χ2v) is 4.73. The van der Waals surface area contributed by atoms with Crippen LogP contribution in [0.25, 0.3) is 0 Å². The fourth-order valence-corrected chi connectivity index (χ4v) is 2.19. The number of aromatic nitrogens is 1. The van der Waals surface area contributed by atoms with Crippen molar-refractivity contribution in [1.29, 1.82) is 0 Å². The fourth-order valence-electron chi connectivity index (χ4n) is 1.49. The van der Waals surface area contributed by atoms with Crippen molar-refractivity contribution in [2.75, 3.05) is 24.2 Å². The van der Waals surface area contributed by atoms with Crippen LogP contribution in [0.2, 0.25) is 0 Å². The van der Waals surface area contributed by atoms with Gasteiger partial charge in [0.2, 0.25) is 0 Å². The summed E-state index contributed by atoms with van der Waals surface area (Å²) in [4.78, 5) is 7.81. The molecule has 0 fully saturated rings. The van der Waals surface area contributed by atoms with E-state index in [1.807, 2.05) is 13.1 Å². The number of likely N-dealkylation sites (N-methyl/N-ethyl adjacent to an activating group) is 1. The Morgan fingerprint density at radius 3 is 3.00 bits per heavy atom. The summed E-state index contributed by atoms with van der Waals surface area (Å²) in [5.74, 6) is 0.927. The van der Waals surface area contributed by atoms with Gasteiger partial charge in [-0.1, -0.05) is 6.07 Å². The first-order valence-electron chi connectivity index (χ1n) is 5.21. The molecule has 0 aliphatic rings. The fraction of sp³-hybridized carbons (Fsp3) is 0.250. The van der Waals surface area contributed by atoms with Crippen molar-refractivity contribution in [3.05, 3.63) is 40.7 Å². The van der Waals surface area contributed by atoms with Gasteiger partial charge in [0.05, 0.1) is 0 Å². The van der Waals surface area contributed by atoms with E-state index in [0.717, 1.165) is 24.5 Å². The minimum atomic E-state index is 0.757. The summed E-state index contributed by atoms with van der Waals surface area (Å²) >= 11 is 1.79. The van der Waals surface area contributed by atoms with Crippen molar-refractivity contribution in [2.24, 2.45) is 0 Å². The number of hydrogen-bond donors (Lipinski definition) is 1. The molecule has 0 saturated heterocycles. The molecule has 0 amide bonds. The van der Waals surface area contributed by atoms with Crippen molar-refractivity contribution in [1.82, 2.24) is 4.98 Å². The number of rotatable bonds is 4. The van der Waals surface area contributed by atoms with Crippen LogP contribution in [0, 0.1) is 0 Å². The third kappa shape index (κ3) is 2.73. The number of thiophene rings is 1. The van der Waals surface area contributed by atoms with Crippen LogP contribution < -0.4 is 10.6 Å². The van der Waals surface area contributed by atoms with Gasteiger partial charge in [-0.3, -0.25) is 0 Å². The van der Waals surface area contributed by atoms with Crippen molar-refractivity contribution < 1.29 is 0 Å². The lowest BCUT2D eigenvalue weighted by molar-refractivity contribution is 0.869. The van der Waals surface area contributed by atoms with Crippen LogP contribution in [0.4, 0.5) is 11.5 Å². The van der Waals surface area contributed by atoms with E-state index in [9.17, 15) is 0 Å². The Balaban J connectivity index is 1.95. The van der Waals surface area contributed by atoms with Crippen LogP contribution in [0.3, 0.4) is 0 Å². The molecule has 2 rings (SSSR count). The number of hydrogen-bond acceptors (Lipinski definition) is 4. The summed E-state index contributed by atoms with van der Waals surface area (Å²) in [6.45, 7) is 0.955. The van der Waals surface area contributed by atoms with Crippen LogP contribution in [0.1, 0.15) is 4.88 Å². The average molecular weight is 233 g/mol. The standard InChI is InChI=1S/C12H15N3S/c1-15(7-5-11-3-2-8-16-11)12-9-10(13)4-6-14-12/h2-4,6,8-9H,5,7H2,1H3,(H2,13,14). The lowest BCUT2D eigenvalue weighted by Gasteiger charge is -2.17. The third-order valence-corrected chi connectivity index (χ3v) is 3.37. The van der Waals surface area contributed by atoms with Crippen molar-refractivity contribution >= 4 is 22.8 Å². The number of pyridine rings is 1. The molecule has 0 radical (unpaired) electrons. The maximum Gasteiger partial charge on any atom is 0.130 e. The van der Waals surface area contributed by atoms with Crippen molar-refractivity contribution in [3.63, 3.8) is 0 Å². The summed E-state index contributed by atoms with van der Waals surface area (Å²) in [5, 5.41) is 2.11. The van der Waals surface area contributed by atoms with Gasteiger partial charge in [-0.15, -0.1) is 11.3 Å². The largest absolute Gasteiger partial charge is 0.399 e. The zero-order valence-corrected chi connectivity index (χ0v) is 10.1. The minimum Gasteiger partial charge on any atom is -0.399 e. The van der Waals surface area contributed by atoms with Crippen LogP contribution in [-0.2, 0) is 6.42 Å². The Bertz CT molecular complexity index is 439. The van der Waals surface area contributed by atoms with Crippen LogP contribution in [0.15, 0.2) is 35.8 Å². The highest BCUT2D eigenvalue weighted by Gasteiger charge is 2.03. The smallest absolute Gasteiger partial charge is 0.130 e. The van der Waals surface area contributed by atoms with Gasteiger partial charge in [-0.05, 0) is 23.9 Å². The molecule has 2 N–H and O–H groups in total. The van der Waals surface area contributed by atoms with Gasteiger partial charge < -0.3 is 10.6 Å². The molecule has 2 aromatic rings. The predicted molar refractivity (Wildman–Crippen MR) is 69.9 cm³/mol. The second-order valence-electron chi connectivity index (χ2n) is 3.70. The molecule has 0 aliphatic carbocycles. The maximum absolute atomic E-state index is 5.72. The molecule has 0 aliphatic heterocycles. The van der Waals surface area contributed by atoms with E-state index in [1.54, 1.807) is 23.6 Å². The quantitative estimate of drug-likeness (QED) is 0.881. The number of nitrogens with zero attached hydrogens (tertiary/aromatic N) is 2. The van der Waals surface area contributed by atoms with Crippen LogP contribution in [-0.4, -0.2) is 18.6 Å². The number of nitrogen functional groups attached to an aromatic ring is 1. The highest BCUT2D eigenvalue weighted by molar-refractivity contribution is 7.09. The number of nitrogens with two attached hydrogens (primary N) is 1. The monoisotopic (exact) mass is 233 g/mol. The van der Waals surface area contributed by atoms with E-state index in [0.29, 0.717) is 0 Å². The highest BCUT2D eigenvalue weighted by atomic mass is 32.1. The van der Waals surface area contributed by atoms with E-state index >= 15 is 0 Å². The summed E-state index contributed by atoms with van der Waals surface area (Å²) < 4.78 is 0. The first-order valence-corrected chi connectivity index (χ1v) is 6.09. The van der Waals surface area contributed by atoms with Crippen molar-refractivity contribution in [2.45, 2.75) is 6.42 Å². The number of anilines is 2. The zero-order valence-electron chi connectivity index (χ0n) is 9.26. The summed E-state index contributed by atoms with van der Waals surface area (Å²) in [5.41, 5.74) is 6.48. The maximum atomic E-state index is 5.72. The minimum absolute atomic E-state index is 0.757. The highest BCUT2D eigenvalue weighted by Crippen LogP contribution is 2.14. The Hall–Kier alpha value is -1.55. The van der Waals surface area contributed by atoms with Crippen molar-refractivity contribution in [3.8, 4) is 0 Å². The van der Waals surface area contributed by atoms with Gasteiger partial charge in [0, 0.05) is 36.4 Å². The molecule has 84 valence electrons. The van der Waals surface area contributed by atoms with E-state index in [1.165, 1.54) is 4.88 Å². The van der Waals surface area contributed by atoms with E-state index in [2.05, 4.69) is 27.4 Å². The summed E-state index contributed by atoms with van der Waals surface area (Å²) in [7, 11) is 2.04. The molecule has 0 unspecified atom stereocenters. The molecule has 16 heavy (non-hydrogen) atoms. The molecule has 0 atom stereocenters. The van der Waals surface area contributed by atoms with Gasteiger partial charge in [0.25, 0.3) is 0 Å². The second kappa shape index (κ2) is 4.99. The lowest BCUT2D eigenvalue weighted by atomic mass is 10.3. The van der Waals surface area contributed by atoms with Crippen LogP contribution >= 0.6 is 11.3 Å². The topological polar surface area (TPSA) is 42.1 Å². The molecule has 0 aromatic carbocycles. The zero-order chi connectivity index (χ0) is 11.4. The molecule has 0 bridgehead atoms. The normalized spacial score (nSPS) is 10.3. The van der Waals surface area contributed by atoms with Gasteiger partial charge in [-0.2, -0.15) is 0 Å². The molecular weight excluding hydrogens is 218 g/mol. The van der Waals surface area contributed by atoms with E-state index < -0.39 is 0 Å². The summed E-state index contributed by atoms with van der Waals surface area (Å²) in [6, 6.07) is 7.94. The van der Waals surface area contributed by atoms with Gasteiger partial charge >= 0.3 is 0 Å². The average Bonchev–Trinajstić information content (AvgIpc) is 2.78. The lowest BCUT2D eigenvalue weighted by Crippen LogP contribution is -2.21. The molecule has 0 spiro atoms. The Morgan fingerprint density at radius 1 is 1.44 bits per heavy atom. The van der Waals surface area contributed by atoms with Gasteiger partial charge in [-0.25, -0.2) is 4.98 Å². The SMILES string of the molecule is CN(CCc1cccs1)c1cc(N)ccn1. The Morgan fingerprint density at radius 2 is 2.31 bits per heavy atom. The Labute approximate surface area is 99.5 Å². The first-order chi connectivity index (χ1) is 7.75.